The third-order valence-corrected chi connectivity index (χ3v) is 3.69. The second kappa shape index (κ2) is 8.62. The van der Waals surface area contributed by atoms with Crippen molar-refractivity contribution in [2.75, 3.05) is 6.61 Å². The number of hydrogen-bond acceptors (Lipinski definition) is 6. The molecule has 0 aromatic heterocycles. The van der Waals surface area contributed by atoms with E-state index in [4.69, 9.17) is 15.0 Å². The van der Waals surface area contributed by atoms with Crippen molar-refractivity contribution in [3.63, 3.8) is 0 Å². The summed E-state index contributed by atoms with van der Waals surface area (Å²) in [5.41, 5.74) is 9.62. The fourth-order valence-corrected chi connectivity index (χ4v) is 2.57. The highest BCUT2D eigenvalue weighted by Crippen LogP contribution is 2.25. The number of azide groups is 1. The van der Waals surface area contributed by atoms with Gasteiger partial charge in [0, 0.05) is 11.8 Å². The first kappa shape index (κ1) is 18.2. The number of aliphatic hydroxyl groups is 2. The second-order valence-corrected chi connectivity index (χ2v) is 5.43. The van der Waals surface area contributed by atoms with E-state index in [1.807, 2.05) is 30.3 Å². The van der Waals surface area contributed by atoms with Gasteiger partial charge in [-0.3, -0.25) is 4.79 Å². The topological polar surface area (TPSA) is 137 Å². The van der Waals surface area contributed by atoms with Gasteiger partial charge in [0.05, 0.1) is 31.4 Å². The lowest BCUT2D eigenvalue weighted by Crippen LogP contribution is -2.63. The Balaban J connectivity index is 2.19. The standard InChI is InChI=1S/C15H20N4O5/c1-9(21)17-13-12(18-19-16)14(22)11(7-20)24-15(13)23-8-10-5-3-2-4-6-10/h2-6,11-15,20,22H,7-8H2,1H3,(H,17,21). The van der Waals surface area contributed by atoms with Crippen LogP contribution >= 0.6 is 0 Å². The fraction of sp³-hybridized carbons (Fsp3) is 0.533. The van der Waals surface area contributed by atoms with Crippen molar-refractivity contribution in [3.05, 3.63) is 46.3 Å². The zero-order chi connectivity index (χ0) is 17.5. The van der Waals surface area contributed by atoms with E-state index in [9.17, 15) is 15.0 Å². The highest BCUT2D eigenvalue weighted by molar-refractivity contribution is 5.73. The number of aliphatic hydroxyl groups excluding tert-OH is 2. The zero-order valence-electron chi connectivity index (χ0n) is 13.1. The quantitative estimate of drug-likeness (QED) is 0.394. The van der Waals surface area contributed by atoms with Gasteiger partial charge in [-0.2, -0.15) is 0 Å². The van der Waals surface area contributed by atoms with Crippen LogP contribution in [0.1, 0.15) is 12.5 Å². The van der Waals surface area contributed by atoms with E-state index in [2.05, 4.69) is 15.3 Å². The normalized spacial score (nSPS) is 29.5. The summed E-state index contributed by atoms with van der Waals surface area (Å²) in [6.45, 7) is 1.02. The molecule has 5 atom stereocenters. The summed E-state index contributed by atoms with van der Waals surface area (Å²) >= 11 is 0. The minimum absolute atomic E-state index is 0.193. The molecule has 1 aliphatic heterocycles. The molecule has 2 rings (SSSR count). The molecule has 1 aliphatic rings. The van der Waals surface area contributed by atoms with Crippen LogP contribution in [0, 0.1) is 0 Å². The third kappa shape index (κ3) is 4.44. The first-order valence-electron chi connectivity index (χ1n) is 7.48. The highest BCUT2D eigenvalue weighted by Gasteiger charge is 2.45. The van der Waals surface area contributed by atoms with Crippen molar-refractivity contribution in [3.8, 4) is 0 Å². The number of nitrogens with zero attached hydrogens (tertiary/aromatic N) is 3. The second-order valence-electron chi connectivity index (χ2n) is 5.43. The van der Waals surface area contributed by atoms with Crippen LogP contribution in [-0.4, -0.2) is 53.3 Å². The summed E-state index contributed by atoms with van der Waals surface area (Å²) in [5.74, 6) is -0.385. The molecule has 1 aromatic carbocycles. The van der Waals surface area contributed by atoms with E-state index < -0.39 is 37.2 Å². The van der Waals surface area contributed by atoms with Crippen LogP contribution in [0.15, 0.2) is 35.4 Å². The van der Waals surface area contributed by atoms with E-state index in [0.29, 0.717) is 0 Å². The van der Waals surface area contributed by atoms with E-state index in [1.54, 1.807) is 0 Å². The molecule has 5 unspecified atom stereocenters. The molecule has 0 radical (unpaired) electrons. The molecular weight excluding hydrogens is 316 g/mol. The molecule has 3 N–H and O–H groups in total. The van der Waals surface area contributed by atoms with Crippen LogP contribution in [-0.2, 0) is 20.9 Å². The van der Waals surface area contributed by atoms with Gasteiger partial charge < -0.3 is 25.0 Å². The van der Waals surface area contributed by atoms with Crippen molar-refractivity contribution in [1.82, 2.24) is 5.32 Å². The maximum atomic E-state index is 11.5. The van der Waals surface area contributed by atoms with Crippen molar-refractivity contribution in [1.29, 1.82) is 0 Å². The van der Waals surface area contributed by atoms with E-state index >= 15 is 0 Å². The number of nitrogens with one attached hydrogen (secondary N) is 1. The Morgan fingerprint density at radius 3 is 2.75 bits per heavy atom. The number of amides is 1. The average Bonchev–Trinajstić information content (AvgIpc) is 2.58. The molecule has 130 valence electrons. The largest absolute Gasteiger partial charge is 0.394 e. The van der Waals surface area contributed by atoms with Gasteiger partial charge in [0.25, 0.3) is 0 Å². The molecule has 1 heterocycles. The van der Waals surface area contributed by atoms with Gasteiger partial charge in [0.1, 0.15) is 6.10 Å². The van der Waals surface area contributed by atoms with Crippen LogP contribution in [0.25, 0.3) is 10.4 Å². The van der Waals surface area contributed by atoms with E-state index in [-0.39, 0.29) is 12.5 Å². The Kier molecular flexibility index (Phi) is 6.53. The Morgan fingerprint density at radius 2 is 2.17 bits per heavy atom. The molecule has 1 saturated heterocycles. The first-order chi connectivity index (χ1) is 11.6. The Labute approximate surface area is 138 Å². The lowest BCUT2D eigenvalue weighted by Gasteiger charge is -2.42. The Bertz CT molecular complexity index is 593. The van der Waals surface area contributed by atoms with Crippen LogP contribution < -0.4 is 5.32 Å². The molecule has 1 aromatic rings. The summed E-state index contributed by atoms with van der Waals surface area (Å²) in [7, 11) is 0. The summed E-state index contributed by atoms with van der Waals surface area (Å²) in [4.78, 5) is 14.2. The molecule has 9 nitrogen and oxygen atoms in total. The number of ether oxygens (including phenoxy) is 2. The number of carbonyl (C=O) groups excluding carboxylic acids is 1. The van der Waals surface area contributed by atoms with Gasteiger partial charge >= 0.3 is 0 Å². The van der Waals surface area contributed by atoms with Gasteiger partial charge in [0.2, 0.25) is 5.91 Å². The van der Waals surface area contributed by atoms with Gasteiger partial charge in [-0.15, -0.1) is 0 Å². The highest BCUT2D eigenvalue weighted by atomic mass is 16.7. The van der Waals surface area contributed by atoms with Crippen molar-refractivity contribution in [2.45, 2.75) is 44.1 Å². The smallest absolute Gasteiger partial charge is 0.217 e. The maximum absolute atomic E-state index is 11.5. The van der Waals surface area contributed by atoms with Gasteiger partial charge in [-0.05, 0) is 11.1 Å². The van der Waals surface area contributed by atoms with Crippen LogP contribution in [0.4, 0.5) is 0 Å². The molecule has 1 amide bonds. The average molecular weight is 336 g/mol. The zero-order valence-corrected chi connectivity index (χ0v) is 13.1. The van der Waals surface area contributed by atoms with Crippen molar-refractivity contribution < 1.29 is 24.5 Å². The number of rotatable bonds is 6. The molecule has 9 heteroatoms. The van der Waals surface area contributed by atoms with Gasteiger partial charge in [-0.25, -0.2) is 0 Å². The molecular formula is C15H20N4O5. The lowest BCUT2D eigenvalue weighted by molar-refractivity contribution is -0.250. The van der Waals surface area contributed by atoms with Crippen molar-refractivity contribution >= 4 is 5.91 Å². The SMILES string of the molecule is CC(=O)NC1C(OCc2ccccc2)OC(CO)C(O)C1N=[N+]=[N-]. The number of benzene rings is 1. The summed E-state index contributed by atoms with van der Waals surface area (Å²) < 4.78 is 11.2. The predicted molar refractivity (Wildman–Crippen MR) is 83.5 cm³/mol. The Hall–Kier alpha value is -2.16. The minimum Gasteiger partial charge on any atom is -0.394 e. The lowest BCUT2D eigenvalue weighted by atomic mass is 9.95. The third-order valence-electron chi connectivity index (χ3n) is 3.69. The summed E-state index contributed by atoms with van der Waals surface area (Å²) in [6.07, 6.45) is -3.23. The molecule has 0 saturated carbocycles. The monoisotopic (exact) mass is 336 g/mol. The van der Waals surface area contributed by atoms with Crippen LogP contribution in [0.2, 0.25) is 0 Å². The fourth-order valence-electron chi connectivity index (χ4n) is 2.57. The molecule has 0 spiro atoms. The van der Waals surface area contributed by atoms with Gasteiger partial charge in [-0.1, -0.05) is 35.4 Å². The Morgan fingerprint density at radius 1 is 1.46 bits per heavy atom. The summed E-state index contributed by atoms with van der Waals surface area (Å²) in [5, 5.41) is 25.7. The maximum Gasteiger partial charge on any atom is 0.217 e. The minimum atomic E-state index is -1.26. The van der Waals surface area contributed by atoms with Gasteiger partial charge in [0.15, 0.2) is 6.29 Å². The molecule has 0 bridgehead atoms. The van der Waals surface area contributed by atoms with Crippen LogP contribution in [0.3, 0.4) is 0 Å². The molecule has 1 fully saturated rings. The summed E-state index contributed by atoms with van der Waals surface area (Å²) in [6, 6.07) is 7.41. The predicted octanol–water partition coefficient (Wildman–Crippen LogP) is 0.465. The number of carbonyl (C=O) groups is 1. The molecule has 24 heavy (non-hydrogen) atoms. The molecule has 0 aliphatic carbocycles. The van der Waals surface area contributed by atoms with Crippen molar-refractivity contribution in [2.24, 2.45) is 5.11 Å². The number of hydrogen-bond donors (Lipinski definition) is 3. The van der Waals surface area contributed by atoms with E-state index in [0.717, 1.165) is 5.56 Å². The van der Waals surface area contributed by atoms with Crippen LogP contribution in [0.5, 0.6) is 0 Å². The first-order valence-corrected chi connectivity index (χ1v) is 7.48. The van der Waals surface area contributed by atoms with E-state index in [1.165, 1.54) is 6.92 Å².